The van der Waals surface area contributed by atoms with Gasteiger partial charge in [-0.2, -0.15) is 0 Å². The summed E-state index contributed by atoms with van der Waals surface area (Å²) in [6.07, 6.45) is 8.78. The predicted molar refractivity (Wildman–Crippen MR) is 56.3 cm³/mol. The van der Waals surface area contributed by atoms with Crippen LogP contribution in [0.25, 0.3) is 0 Å². The molecular formula is C11H21NO. The lowest BCUT2D eigenvalue weighted by Crippen LogP contribution is -2.13. The van der Waals surface area contributed by atoms with E-state index in [1.807, 2.05) is 13.0 Å². The maximum atomic E-state index is 10.8. The first-order chi connectivity index (χ1) is 6.22. The number of carbonyl (C=O) groups is 1. The number of hydrogen-bond donors (Lipinski definition) is 1. The topological polar surface area (TPSA) is 43.1 Å². The molecule has 2 nitrogen and oxygen atoms in total. The Morgan fingerprint density at radius 3 is 2.31 bits per heavy atom. The van der Waals surface area contributed by atoms with Crippen LogP contribution >= 0.6 is 0 Å². The monoisotopic (exact) mass is 183 g/mol. The van der Waals surface area contributed by atoms with Crippen molar-refractivity contribution in [2.45, 2.75) is 52.4 Å². The molecule has 0 bridgehead atoms. The summed E-state index contributed by atoms with van der Waals surface area (Å²) in [5.74, 6) is -0.266. The fraction of sp³-hybridized carbons (Fsp3) is 0.727. The fourth-order valence-corrected chi connectivity index (χ4v) is 1.33. The highest BCUT2D eigenvalue weighted by molar-refractivity contribution is 5.91. The van der Waals surface area contributed by atoms with E-state index >= 15 is 0 Å². The predicted octanol–water partition coefficient (Wildman–Crippen LogP) is 2.78. The molecule has 0 saturated heterocycles. The van der Waals surface area contributed by atoms with Gasteiger partial charge in [-0.05, 0) is 19.8 Å². The van der Waals surface area contributed by atoms with Crippen molar-refractivity contribution in [2.75, 3.05) is 0 Å². The molecule has 0 spiro atoms. The van der Waals surface area contributed by atoms with Crippen molar-refractivity contribution in [1.29, 1.82) is 0 Å². The molecule has 76 valence electrons. The average molecular weight is 183 g/mol. The minimum Gasteiger partial charge on any atom is -0.366 e. The lowest BCUT2D eigenvalue weighted by atomic mass is 10.1. The standard InChI is InChI=1S/C11H21NO/c1-3-5-6-7-8-9-10(4-2)11(12)13/h4H,3,5-9H2,1-2H3,(H2,12,13). The highest BCUT2D eigenvalue weighted by Crippen LogP contribution is 2.10. The quantitative estimate of drug-likeness (QED) is 0.478. The van der Waals surface area contributed by atoms with E-state index in [1.54, 1.807) is 0 Å². The largest absolute Gasteiger partial charge is 0.366 e. The maximum Gasteiger partial charge on any atom is 0.244 e. The van der Waals surface area contributed by atoms with Gasteiger partial charge in [0.05, 0.1) is 0 Å². The Bertz CT molecular complexity index is 173. The second-order valence-electron chi connectivity index (χ2n) is 3.34. The molecule has 0 atom stereocenters. The van der Waals surface area contributed by atoms with Gasteiger partial charge in [-0.1, -0.05) is 38.7 Å². The average Bonchev–Trinajstić information content (AvgIpc) is 2.10. The van der Waals surface area contributed by atoms with Crippen LogP contribution in [0.2, 0.25) is 0 Å². The zero-order valence-electron chi connectivity index (χ0n) is 8.81. The lowest BCUT2D eigenvalue weighted by Gasteiger charge is -2.01. The molecule has 0 aliphatic rings. The Hall–Kier alpha value is -0.790. The minimum atomic E-state index is -0.266. The van der Waals surface area contributed by atoms with Crippen LogP contribution < -0.4 is 5.73 Å². The number of rotatable bonds is 7. The van der Waals surface area contributed by atoms with Crippen molar-refractivity contribution in [2.24, 2.45) is 5.73 Å². The van der Waals surface area contributed by atoms with Gasteiger partial charge < -0.3 is 5.73 Å². The van der Waals surface area contributed by atoms with Crippen molar-refractivity contribution in [3.63, 3.8) is 0 Å². The van der Waals surface area contributed by atoms with Gasteiger partial charge in [0.15, 0.2) is 0 Å². The molecular weight excluding hydrogens is 162 g/mol. The summed E-state index contributed by atoms with van der Waals surface area (Å²) in [6, 6.07) is 0. The number of carbonyl (C=O) groups excluding carboxylic acids is 1. The van der Waals surface area contributed by atoms with Crippen LogP contribution in [-0.2, 0) is 4.79 Å². The van der Waals surface area contributed by atoms with Gasteiger partial charge >= 0.3 is 0 Å². The highest BCUT2D eigenvalue weighted by Gasteiger charge is 2.01. The van der Waals surface area contributed by atoms with Crippen LogP contribution in [0.15, 0.2) is 11.6 Å². The Kier molecular flexibility index (Phi) is 7.36. The third-order valence-corrected chi connectivity index (χ3v) is 2.21. The van der Waals surface area contributed by atoms with Crippen LogP contribution in [0.3, 0.4) is 0 Å². The van der Waals surface area contributed by atoms with Crippen LogP contribution in [0, 0.1) is 0 Å². The molecule has 0 aliphatic heterocycles. The van der Waals surface area contributed by atoms with Gasteiger partial charge in [-0.15, -0.1) is 0 Å². The van der Waals surface area contributed by atoms with Crippen LogP contribution in [-0.4, -0.2) is 5.91 Å². The van der Waals surface area contributed by atoms with Gasteiger partial charge in [0.25, 0.3) is 0 Å². The molecule has 2 heteroatoms. The SMILES string of the molecule is CC=C(CCCCCCC)C(N)=O. The summed E-state index contributed by atoms with van der Waals surface area (Å²) >= 11 is 0. The Morgan fingerprint density at radius 1 is 1.23 bits per heavy atom. The van der Waals surface area contributed by atoms with Gasteiger partial charge in [-0.25, -0.2) is 0 Å². The third kappa shape index (κ3) is 6.38. The van der Waals surface area contributed by atoms with E-state index in [0.29, 0.717) is 0 Å². The second-order valence-corrected chi connectivity index (χ2v) is 3.34. The van der Waals surface area contributed by atoms with Gasteiger partial charge in [-0.3, -0.25) is 4.79 Å². The van der Waals surface area contributed by atoms with Gasteiger partial charge in [0.2, 0.25) is 5.91 Å². The number of amides is 1. The van der Waals surface area contributed by atoms with E-state index < -0.39 is 0 Å². The summed E-state index contributed by atoms with van der Waals surface area (Å²) < 4.78 is 0. The van der Waals surface area contributed by atoms with E-state index in [9.17, 15) is 4.79 Å². The van der Waals surface area contributed by atoms with Crippen LogP contribution in [0.4, 0.5) is 0 Å². The maximum absolute atomic E-state index is 10.8. The molecule has 0 aromatic carbocycles. The molecule has 0 rings (SSSR count). The highest BCUT2D eigenvalue weighted by atomic mass is 16.1. The second kappa shape index (κ2) is 7.84. The molecule has 0 saturated carbocycles. The van der Waals surface area contributed by atoms with Gasteiger partial charge in [0.1, 0.15) is 0 Å². The summed E-state index contributed by atoms with van der Waals surface area (Å²) in [5, 5.41) is 0. The Balaban J connectivity index is 3.46. The normalized spacial score (nSPS) is 11.7. The van der Waals surface area contributed by atoms with Crippen molar-refractivity contribution >= 4 is 5.91 Å². The summed E-state index contributed by atoms with van der Waals surface area (Å²) in [7, 11) is 0. The van der Waals surface area contributed by atoms with E-state index in [4.69, 9.17) is 5.73 Å². The molecule has 13 heavy (non-hydrogen) atoms. The molecule has 0 aromatic heterocycles. The zero-order valence-corrected chi connectivity index (χ0v) is 8.81. The number of allylic oxidation sites excluding steroid dienone is 1. The number of primary amides is 1. The van der Waals surface area contributed by atoms with Gasteiger partial charge in [0, 0.05) is 5.57 Å². The van der Waals surface area contributed by atoms with Crippen LogP contribution in [0.5, 0.6) is 0 Å². The number of nitrogens with two attached hydrogens (primary N) is 1. The molecule has 0 heterocycles. The van der Waals surface area contributed by atoms with Crippen molar-refractivity contribution < 1.29 is 4.79 Å². The van der Waals surface area contributed by atoms with Crippen molar-refractivity contribution in [1.82, 2.24) is 0 Å². The third-order valence-electron chi connectivity index (χ3n) is 2.21. The molecule has 0 aliphatic carbocycles. The van der Waals surface area contributed by atoms with E-state index in [0.717, 1.165) is 18.4 Å². The summed E-state index contributed by atoms with van der Waals surface area (Å²) in [6.45, 7) is 4.06. The summed E-state index contributed by atoms with van der Waals surface area (Å²) in [5.41, 5.74) is 5.96. The molecule has 0 fully saturated rings. The van der Waals surface area contributed by atoms with Crippen molar-refractivity contribution in [3.8, 4) is 0 Å². The Morgan fingerprint density at radius 2 is 1.85 bits per heavy atom. The van der Waals surface area contributed by atoms with E-state index in [2.05, 4.69) is 6.92 Å². The first-order valence-corrected chi connectivity index (χ1v) is 5.17. The smallest absolute Gasteiger partial charge is 0.244 e. The summed E-state index contributed by atoms with van der Waals surface area (Å²) in [4.78, 5) is 10.8. The molecule has 0 radical (unpaired) electrons. The fourth-order valence-electron chi connectivity index (χ4n) is 1.33. The van der Waals surface area contributed by atoms with E-state index in [-0.39, 0.29) is 5.91 Å². The first kappa shape index (κ1) is 12.2. The zero-order chi connectivity index (χ0) is 10.1. The Labute approximate surface area is 81.2 Å². The first-order valence-electron chi connectivity index (χ1n) is 5.17. The minimum absolute atomic E-state index is 0.266. The molecule has 1 amide bonds. The molecule has 0 unspecified atom stereocenters. The van der Waals surface area contributed by atoms with Crippen LogP contribution in [0.1, 0.15) is 52.4 Å². The van der Waals surface area contributed by atoms with E-state index in [1.165, 1.54) is 25.7 Å². The molecule has 2 N–H and O–H groups in total. The molecule has 0 aromatic rings. The number of unbranched alkanes of at least 4 members (excludes halogenated alkanes) is 4. The van der Waals surface area contributed by atoms with Crippen molar-refractivity contribution in [3.05, 3.63) is 11.6 Å². The number of hydrogen-bond acceptors (Lipinski definition) is 1. The lowest BCUT2D eigenvalue weighted by molar-refractivity contribution is -0.114.